The first-order valence-electron chi connectivity index (χ1n) is 6.71. The van der Waals surface area contributed by atoms with E-state index in [4.69, 9.17) is 0 Å². The van der Waals surface area contributed by atoms with Crippen LogP contribution in [-0.4, -0.2) is 23.6 Å². The molecule has 0 heterocycles. The molecule has 102 valence electrons. The number of rotatable bonds is 5. The third-order valence-electron chi connectivity index (χ3n) is 1.11. The van der Waals surface area contributed by atoms with E-state index in [-0.39, 0.29) is 0 Å². The first kappa shape index (κ1) is 21.6. The summed E-state index contributed by atoms with van der Waals surface area (Å²) in [5, 5.41) is 4.15. The zero-order chi connectivity index (χ0) is 13.6. The van der Waals surface area contributed by atoms with Crippen molar-refractivity contribution in [1.29, 1.82) is 0 Å². The van der Waals surface area contributed by atoms with Gasteiger partial charge in [-0.1, -0.05) is 62.3 Å². The summed E-state index contributed by atoms with van der Waals surface area (Å²) in [6, 6.07) is 0.632. The van der Waals surface area contributed by atoms with Gasteiger partial charge in [-0.25, -0.2) is 0 Å². The first-order valence-corrected chi connectivity index (χ1v) is 7.76. The Hall–Kier alpha value is 0.310. The highest BCUT2D eigenvalue weighted by Crippen LogP contribution is 2.06. The van der Waals surface area contributed by atoms with E-state index in [1.54, 1.807) is 0 Å². The van der Waals surface area contributed by atoms with Crippen molar-refractivity contribution in [3.05, 3.63) is 0 Å². The van der Waals surface area contributed by atoms with Gasteiger partial charge in [-0.05, 0) is 11.2 Å². The van der Waals surface area contributed by atoms with Gasteiger partial charge in [0.05, 0.1) is 0 Å². The predicted molar refractivity (Wildman–Crippen MR) is 82.6 cm³/mol. The van der Waals surface area contributed by atoms with Crippen LogP contribution < -0.4 is 5.32 Å². The minimum Gasteiger partial charge on any atom is -0.314 e. The van der Waals surface area contributed by atoms with Crippen molar-refractivity contribution in [2.75, 3.05) is 12.3 Å². The van der Waals surface area contributed by atoms with E-state index < -0.39 is 0 Å². The van der Waals surface area contributed by atoms with Crippen LogP contribution in [0.15, 0.2) is 0 Å². The molecular formula is C14H35NS. The molecule has 0 aliphatic rings. The van der Waals surface area contributed by atoms with Crippen molar-refractivity contribution < 1.29 is 0 Å². The Balaban J connectivity index is -0.000000237. The van der Waals surface area contributed by atoms with Gasteiger partial charge in [0, 0.05) is 18.3 Å². The average molecular weight is 250 g/mol. The molecule has 0 aromatic heterocycles. The zero-order valence-corrected chi connectivity index (χ0v) is 13.9. The fourth-order valence-corrected chi connectivity index (χ4v) is 1.35. The maximum Gasteiger partial charge on any atom is 0.00607 e. The standard InChI is InChI=1S/C8H19NS.C4H10.C2H6/c1-7(2)9-5-6-10-8(3)4;1-4(2)3;1-2/h7-9H,5-6H2,1-4H3;4H,1-3H3;1-2H3. The van der Waals surface area contributed by atoms with Crippen LogP contribution in [0.3, 0.4) is 0 Å². The molecule has 1 nitrogen and oxygen atoms in total. The maximum atomic E-state index is 3.38. The second kappa shape index (κ2) is 17.7. The Kier molecular flexibility index (Phi) is 23.9. The van der Waals surface area contributed by atoms with Gasteiger partial charge in [-0.15, -0.1) is 0 Å². The van der Waals surface area contributed by atoms with Crippen LogP contribution in [-0.2, 0) is 0 Å². The van der Waals surface area contributed by atoms with E-state index in [0.717, 1.165) is 17.7 Å². The van der Waals surface area contributed by atoms with E-state index in [0.29, 0.717) is 6.04 Å². The molecule has 0 saturated carbocycles. The lowest BCUT2D eigenvalue weighted by molar-refractivity contribution is 0.616. The first-order chi connectivity index (χ1) is 7.36. The molecule has 0 aliphatic heterocycles. The fraction of sp³-hybridized carbons (Fsp3) is 1.00. The summed E-state index contributed by atoms with van der Waals surface area (Å²) < 4.78 is 0. The molecule has 0 aromatic carbocycles. The smallest absolute Gasteiger partial charge is 0.00607 e. The van der Waals surface area contributed by atoms with Gasteiger partial charge in [0.1, 0.15) is 0 Å². The second-order valence-electron chi connectivity index (χ2n) is 4.76. The van der Waals surface area contributed by atoms with E-state index in [9.17, 15) is 0 Å². The average Bonchev–Trinajstić information content (AvgIpc) is 2.14. The Morgan fingerprint density at radius 3 is 1.50 bits per heavy atom. The summed E-state index contributed by atoms with van der Waals surface area (Å²) in [6.07, 6.45) is 0. The minimum atomic E-state index is 0.632. The Morgan fingerprint density at radius 1 is 0.875 bits per heavy atom. The highest BCUT2D eigenvalue weighted by Gasteiger charge is 1.94. The fourth-order valence-electron chi connectivity index (χ4n) is 0.642. The third kappa shape index (κ3) is 47.4. The molecule has 0 amide bonds. The van der Waals surface area contributed by atoms with E-state index in [2.05, 4.69) is 53.8 Å². The lowest BCUT2D eigenvalue weighted by atomic mass is 10.3. The highest BCUT2D eigenvalue weighted by molar-refractivity contribution is 7.99. The number of hydrogen-bond acceptors (Lipinski definition) is 2. The van der Waals surface area contributed by atoms with Crippen LogP contribution in [0, 0.1) is 5.92 Å². The molecule has 0 bridgehead atoms. The SMILES string of the molecule is CC.CC(C)C.CC(C)NCCSC(C)C. The maximum absolute atomic E-state index is 3.38. The quantitative estimate of drug-likeness (QED) is 0.701. The molecular weight excluding hydrogens is 214 g/mol. The van der Waals surface area contributed by atoms with Crippen LogP contribution >= 0.6 is 11.8 Å². The van der Waals surface area contributed by atoms with Crippen molar-refractivity contribution >= 4 is 11.8 Å². The summed E-state index contributed by atoms with van der Waals surface area (Å²) in [4.78, 5) is 0. The second-order valence-corrected chi connectivity index (χ2v) is 6.44. The Morgan fingerprint density at radius 2 is 1.25 bits per heavy atom. The summed E-state index contributed by atoms with van der Waals surface area (Å²) in [6.45, 7) is 20.5. The molecule has 0 radical (unpaired) electrons. The zero-order valence-electron chi connectivity index (χ0n) is 13.1. The van der Waals surface area contributed by atoms with Crippen LogP contribution in [0.2, 0.25) is 0 Å². The minimum absolute atomic E-state index is 0.632. The number of thioether (sulfide) groups is 1. The topological polar surface area (TPSA) is 12.0 Å². The summed E-state index contributed by atoms with van der Waals surface area (Å²) in [5.41, 5.74) is 0. The molecule has 16 heavy (non-hydrogen) atoms. The largest absolute Gasteiger partial charge is 0.314 e. The van der Waals surface area contributed by atoms with Gasteiger partial charge in [-0.3, -0.25) is 0 Å². The van der Waals surface area contributed by atoms with Crippen molar-refractivity contribution in [1.82, 2.24) is 5.32 Å². The van der Waals surface area contributed by atoms with Crippen LogP contribution in [0.1, 0.15) is 62.3 Å². The third-order valence-corrected chi connectivity index (χ3v) is 2.21. The van der Waals surface area contributed by atoms with Crippen molar-refractivity contribution in [3.8, 4) is 0 Å². The summed E-state index contributed by atoms with van der Waals surface area (Å²) in [5.74, 6) is 2.07. The monoisotopic (exact) mass is 249 g/mol. The highest BCUT2D eigenvalue weighted by atomic mass is 32.2. The van der Waals surface area contributed by atoms with Gasteiger partial charge in [0.15, 0.2) is 0 Å². The van der Waals surface area contributed by atoms with Gasteiger partial charge in [0.2, 0.25) is 0 Å². The molecule has 1 N–H and O–H groups in total. The van der Waals surface area contributed by atoms with Crippen LogP contribution in [0.25, 0.3) is 0 Å². The normalized spacial score (nSPS) is 9.75. The molecule has 0 spiro atoms. The molecule has 0 aliphatic carbocycles. The van der Waals surface area contributed by atoms with Gasteiger partial charge in [0.25, 0.3) is 0 Å². The predicted octanol–water partition coefficient (Wildman–Crippen LogP) is 4.81. The van der Waals surface area contributed by atoms with Crippen LogP contribution in [0.4, 0.5) is 0 Å². The van der Waals surface area contributed by atoms with Crippen molar-refractivity contribution in [2.45, 2.75) is 73.6 Å². The van der Waals surface area contributed by atoms with E-state index in [1.165, 1.54) is 5.75 Å². The van der Waals surface area contributed by atoms with Crippen molar-refractivity contribution in [2.24, 2.45) is 5.92 Å². The molecule has 2 heteroatoms. The van der Waals surface area contributed by atoms with Crippen molar-refractivity contribution in [3.63, 3.8) is 0 Å². The molecule has 0 rings (SSSR count). The molecule has 0 saturated heterocycles. The Bertz CT molecular complexity index is 88.2. The molecule has 0 aromatic rings. The molecule has 0 atom stereocenters. The van der Waals surface area contributed by atoms with E-state index in [1.807, 2.05) is 25.6 Å². The van der Waals surface area contributed by atoms with Gasteiger partial charge < -0.3 is 5.32 Å². The van der Waals surface area contributed by atoms with Crippen LogP contribution in [0.5, 0.6) is 0 Å². The number of nitrogens with one attached hydrogen (secondary N) is 1. The van der Waals surface area contributed by atoms with Gasteiger partial charge >= 0.3 is 0 Å². The lowest BCUT2D eigenvalue weighted by Crippen LogP contribution is -2.25. The molecule has 0 fully saturated rings. The molecule has 0 unspecified atom stereocenters. The summed E-state index contributed by atoms with van der Waals surface area (Å²) >= 11 is 2.01. The lowest BCUT2D eigenvalue weighted by Gasteiger charge is -2.08. The van der Waals surface area contributed by atoms with Gasteiger partial charge in [-0.2, -0.15) is 11.8 Å². The van der Waals surface area contributed by atoms with E-state index >= 15 is 0 Å². The number of hydrogen-bond donors (Lipinski definition) is 1. The Labute approximate surface area is 109 Å². The summed E-state index contributed by atoms with van der Waals surface area (Å²) in [7, 11) is 0.